The third-order valence-corrected chi connectivity index (χ3v) is 4.74. The van der Waals surface area contributed by atoms with Crippen LogP contribution in [0.1, 0.15) is 17.0 Å². The Hall–Kier alpha value is -2.99. The Morgan fingerprint density at radius 2 is 1.96 bits per heavy atom. The first-order valence-corrected chi connectivity index (χ1v) is 8.51. The molecule has 7 heteroatoms. The van der Waals surface area contributed by atoms with Gasteiger partial charge in [-0.15, -0.1) is 0 Å². The minimum atomic E-state index is -0.211. The van der Waals surface area contributed by atoms with E-state index in [0.717, 1.165) is 27.9 Å². The van der Waals surface area contributed by atoms with Gasteiger partial charge in [0.05, 0.1) is 29.0 Å². The molecular formula is C19H17ClN4O2. The van der Waals surface area contributed by atoms with Crippen LogP contribution in [0.15, 0.2) is 45.7 Å². The summed E-state index contributed by atoms with van der Waals surface area (Å²) in [6.45, 7) is 4.15. The number of anilines is 1. The van der Waals surface area contributed by atoms with Gasteiger partial charge < -0.3 is 15.2 Å². The Labute approximate surface area is 154 Å². The SMILES string of the molecule is Cc1noc(C)c1-c1cc(N)c2[nH]c(=O)n(Cc3ccc(Cl)cc3)c2c1. The van der Waals surface area contributed by atoms with E-state index in [1.165, 1.54) is 0 Å². The van der Waals surface area contributed by atoms with Crippen molar-refractivity contribution in [3.05, 3.63) is 68.9 Å². The van der Waals surface area contributed by atoms with Crippen LogP contribution in [-0.4, -0.2) is 14.7 Å². The summed E-state index contributed by atoms with van der Waals surface area (Å²) in [5.74, 6) is 0.711. The first-order chi connectivity index (χ1) is 12.4. The summed E-state index contributed by atoms with van der Waals surface area (Å²) < 4.78 is 6.93. The highest BCUT2D eigenvalue weighted by molar-refractivity contribution is 6.30. The number of hydrogen-bond acceptors (Lipinski definition) is 4. The van der Waals surface area contributed by atoms with E-state index in [1.54, 1.807) is 16.7 Å². The molecule has 0 aliphatic heterocycles. The number of halogens is 1. The maximum Gasteiger partial charge on any atom is 0.326 e. The van der Waals surface area contributed by atoms with Crippen molar-refractivity contribution in [1.82, 2.24) is 14.7 Å². The number of aryl methyl sites for hydroxylation is 2. The van der Waals surface area contributed by atoms with E-state index in [4.69, 9.17) is 21.9 Å². The van der Waals surface area contributed by atoms with Crippen LogP contribution in [0.4, 0.5) is 5.69 Å². The minimum Gasteiger partial charge on any atom is -0.397 e. The molecule has 0 fully saturated rings. The zero-order chi connectivity index (χ0) is 18.4. The summed E-state index contributed by atoms with van der Waals surface area (Å²) in [5.41, 5.74) is 11.4. The molecule has 4 rings (SSSR count). The molecule has 0 radical (unpaired) electrons. The summed E-state index contributed by atoms with van der Waals surface area (Å²) in [7, 11) is 0. The van der Waals surface area contributed by atoms with E-state index in [1.807, 2.05) is 38.1 Å². The Morgan fingerprint density at radius 1 is 1.23 bits per heavy atom. The molecule has 0 spiro atoms. The molecule has 0 bridgehead atoms. The topological polar surface area (TPSA) is 89.8 Å². The lowest BCUT2D eigenvalue weighted by Gasteiger charge is -2.07. The number of imidazole rings is 1. The smallest absolute Gasteiger partial charge is 0.326 e. The number of H-pyrrole nitrogens is 1. The number of hydrogen-bond donors (Lipinski definition) is 2. The molecule has 0 aliphatic carbocycles. The summed E-state index contributed by atoms with van der Waals surface area (Å²) >= 11 is 5.94. The molecule has 0 aliphatic rings. The summed E-state index contributed by atoms with van der Waals surface area (Å²) in [6, 6.07) is 11.2. The zero-order valence-corrected chi connectivity index (χ0v) is 15.1. The van der Waals surface area contributed by atoms with Crippen LogP contribution in [0.5, 0.6) is 0 Å². The first kappa shape index (κ1) is 16.5. The van der Waals surface area contributed by atoms with Gasteiger partial charge in [0.25, 0.3) is 0 Å². The average Bonchev–Trinajstić information content (AvgIpc) is 3.10. The maximum atomic E-state index is 12.5. The molecule has 2 aromatic carbocycles. The Bertz CT molecular complexity index is 1150. The molecule has 0 amide bonds. The molecular weight excluding hydrogens is 352 g/mol. The molecule has 132 valence electrons. The molecule has 26 heavy (non-hydrogen) atoms. The van der Waals surface area contributed by atoms with Crippen molar-refractivity contribution in [1.29, 1.82) is 0 Å². The fourth-order valence-electron chi connectivity index (χ4n) is 3.25. The third-order valence-electron chi connectivity index (χ3n) is 4.49. The largest absolute Gasteiger partial charge is 0.397 e. The van der Waals surface area contributed by atoms with Gasteiger partial charge in [0.1, 0.15) is 5.76 Å². The lowest BCUT2D eigenvalue weighted by atomic mass is 10.0. The van der Waals surface area contributed by atoms with Gasteiger partial charge >= 0.3 is 5.69 Å². The number of aromatic nitrogens is 3. The molecule has 0 saturated carbocycles. The van der Waals surface area contributed by atoms with Gasteiger partial charge in [0.15, 0.2) is 0 Å². The number of aromatic amines is 1. The lowest BCUT2D eigenvalue weighted by molar-refractivity contribution is 0.393. The molecule has 4 aromatic rings. The molecule has 0 unspecified atom stereocenters. The van der Waals surface area contributed by atoms with Crippen molar-refractivity contribution in [2.24, 2.45) is 0 Å². The number of nitrogen functional groups attached to an aromatic ring is 1. The van der Waals surface area contributed by atoms with Crippen molar-refractivity contribution in [3.8, 4) is 11.1 Å². The third kappa shape index (κ3) is 2.68. The predicted octanol–water partition coefficient (Wildman–Crippen LogP) is 3.89. The van der Waals surface area contributed by atoms with Gasteiger partial charge in [0, 0.05) is 10.6 Å². The predicted molar refractivity (Wildman–Crippen MR) is 102 cm³/mol. The highest BCUT2D eigenvalue weighted by Gasteiger charge is 2.16. The van der Waals surface area contributed by atoms with Crippen LogP contribution in [-0.2, 0) is 6.54 Å². The van der Waals surface area contributed by atoms with Crippen molar-refractivity contribution < 1.29 is 4.52 Å². The van der Waals surface area contributed by atoms with Gasteiger partial charge in [-0.25, -0.2) is 4.79 Å². The number of benzene rings is 2. The van der Waals surface area contributed by atoms with Crippen molar-refractivity contribution >= 4 is 28.3 Å². The van der Waals surface area contributed by atoms with Gasteiger partial charge in [-0.2, -0.15) is 0 Å². The number of nitrogens with zero attached hydrogens (tertiary/aromatic N) is 2. The number of rotatable bonds is 3. The molecule has 3 N–H and O–H groups in total. The summed E-state index contributed by atoms with van der Waals surface area (Å²) in [5, 5.41) is 4.66. The second-order valence-corrected chi connectivity index (χ2v) is 6.74. The average molecular weight is 369 g/mol. The van der Waals surface area contributed by atoms with Crippen LogP contribution < -0.4 is 11.4 Å². The second-order valence-electron chi connectivity index (χ2n) is 6.30. The van der Waals surface area contributed by atoms with Crippen LogP contribution in [0, 0.1) is 13.8 Å². The van der Waals surface area contributed by atoms with Gasteiger partial charge in [0.2, 0.25) is 0 Å². The first-order valence-electron chi connectivity index (χ1n) is 8.14. The Morgan fingerprint density at radius 3 is 2.62 bits per heavy atom. The fourth-order valence-corrected chi connectivity index (χ4v) is 3.38. The Kier molecular flexibility index (Phi) is 3.85. The van der Waals surface area contributed by atoms with Crippen molar-refractivity contribution in [3.63, 3.8) is 0 Å². The van der Waals surface area contributed by atoms with E-state index in [-0.39, 0.29) is 5.69 Å². The van der Waals surface area contributed by atoms with Crippen molar-refractivity contribution in [2.45, 2.75) is 20.4 Å². The van der Waals surface area contributed by atoms with E-state index < -0.39 is 0 Å². The normalized spacial score (nSPS) is 11.3. The second kappa shape index (κ2) is 6.07. The maximum absolute atomic E-state index is 12.5. The molecule has 2 aromatic heterocycles. The lowest BCUT2D eigenvalue weighted by Crippen LogP contribution is -2.17. The highest BCUT2D eigenvalue weighted by Crippen LogP contribution is 2.32. The van der Waals surface area contributed by atoms with E-state index >= 15 is 0 Å². The van der Waals surface area contributed by atoms with Crippen LogP contribution >= 0.6 is 11.6 Å². The number of fused-ring (bicyclic) bond motifs is 1. The molecule has 0 atom stereocenters. The molecule has 0 saturated heterocycles. The number of nitrogens with one attached hydrogen (secondary N) is 1. The Balaban J connectivity index is 1.90. The minimum absolute atomic E-state index is 0.211. The van der Waals surface area contributed by atoms with Crippen LogP contribution in [0.3, 0.4) is 0 Å². The molecule has 6 nitrogen and oxygen atoms in total. The fraction of sp³-hybridized carbons (Fsp3) is 0.158. The monoisotopic (exact) mass is 368 g/mol. The van der Waals surface area contributed by atoms with Gasteiger partial charge in [-0.3, -0.25) is 4.57 Å². The standard InChI is InChI=1S/C19H17ClN4O2/c1-10-17(11(2)26-23-10)13-7-15(21)18-16(8-13)24(19(25)22-18)9-12-3-5-14(20)6-4-12/h3-8H,9,21H2,1-2H3,(H,22,25). The van der Waals surface area contributed by atoms with Crippen molar-refractivity contribution in [2.75, 3.05) is 5.73 Å². The zero-order valence-electron chi connectivity index (χ0n) is 14.3. The van der Waals surface area contributed by atoms with E-state index in [2.05, 4.69) is 10.1 Å². The van der Waals surface area contributed by atoms with Crippen LogP contribution in [0.2, 0.25) is 5.02 Å². The van der Waals surface area contributed by atoms with E-state index in [9.17, 15) is 4.79 Å². The highest BCUT2D eigenvalue weighted by atomic mass is 35.5. The quantitative estimate of drug-likeness (QED) is 0.537. The number of nitrogens with two attached hydrogens (primary N) is 1. The van der Waals surface area contributed by atoms with Gasteiger partial charge in [-0.05, 0) is 49.2 Å². The summed E-state index contributed by atoms with van der Waals surface area (Å²) in [6.07, 6.45) is 0. The van der Waals surface area contributed by atoms with Crippen LogP contribution in [0.25, 0.3) is 22.2 Å². The van der Waals surface area contributed by atoms with Gasteiger partial charge in [-0.1, -0.05) is 28.9 Å². The summed E-state index contributed by atoms with van der Waals surface area (Å²) in [4.78, 5) is 15.3. The van der Waals surface area contributed by atoms with E-state index in [0.29, 0.717) is 28.5 Å². The molecule has 2 heterocycles.